The zero-order valence-electron chi connectivity index (χ0n) is 15.6. The molecule has 1 atom stereocenters. The monoisotopic (exact) mass is 558 g/mol. The number of nitrogens with one attached hydrogen (secondary N) is 2. The number of ether oxygens (including phenoxy) is 1. The van der Waals surface area contributed by atoms with Gasteiger partial charge >= 0.3 is 0 Å². The Hall–Kier alpha value is -1.81. The second-order valence-corrected chi connectivity index (χ2v) is 7.31. The van der Waals surface area contributed by atoms with E-state index in [4.69, 9.17) is 10.5 Å². The fraction of sp³-hybridized carbons (Fsp3) is 0.300. The fourth-order valence-corrected chi connectivity index (χ4v) is 3.30. The van der Waals surface area contributed by atoms with Gasteiger partial charge in [-0.2, -0.15) is 0 Å². The van der Waals surface area contributed by atoms with Gasteiger partial charge in [-0.3, -0.25) is 9.79 Å². The maximum absolute atomic E-state index is 12.1. The minimum absolute atomic E-state index is 0. The Bertz CT molecular complexity index is 860. The van der Waals surface area contributed by atoms with E-state index in [1.165, 1.54) is 0 Å². The summed E-state index contributed by atoms with van der Waals surface area (Å²) < 4.78 is 6.57. The molecule has 4 N–H and O–H groups in total. The zero-order chi connectivity index (χ0) is 19.2. The van der Waals surface area contributed by atoms with Crippen molar-refractivity contribution in [1.29, 1.82) is 0 Å². The molecule has 1 aliphatic rings. The van der Waals surface area contributed by atoms with Crippen LogP contribution in [-0.4, -0.2) is 25.0 Å². The minimum atomic E-state index is -0.0934. The number of carbonyl (C=O) groups is 1. The molecule has 8 heteroatoms. The molecule has 150 valence electrons. The third kappa shape index (κ3) is 6.10. The molecule has 0 aromatic heterocycles. The van der Waals surface area contributed by atoms with Crippen molar-refractivity contribution in [2.24, 2.45) is 10.7 Å². The first-order chi connectivity index (χ1) is 13.0. The van der Waals surface area contributed by atoms with Crippen LogP contribution in [0.5, 0.6) is 5.75 Å². The summed E-state index contributed by atoms with van der Waals surface area (Å²) in [6, 6.07) is 13.7. The molecule has 1 amide bonds. The van der Waals surface area contributed by atoms with Crippen LogP contribution in [-0.2, 0) is 4.79 Å². The molecule has 0 aliphatic carbocycles. The lowest BCUT2D eigenvalue weighted by atomic mass is 10.0. The lowest BCUT2D eigenvalue weighted by Gasteiger charge is -2.26. The van der Waals surface area contributed by atoms with E-state index in [0.29, 0.717) is 19.1 Å². The van der Waals surface area contributed by atoms with Crippen molar-refractivity contribution in [3.8, 4) is 5.75 Å². The molecule has 1 heterocycles. The van der Waals surface area contributed by atoms with Gasteiger partial charge in [-0.25, -0.2) is 0 Å². The van der Waals surface area contributed by atoms with Crippen LogP contribution in [0.4, 0.5) is 5.69 Å². The summed E-state index contributed by atoms with van der Waals surface area (Å²) in [6.45, 7) is 2.91. The molecule has 3 rings (SSSR count). The Morgan fingerprint density at radius 3 is 2.93 bits per heavy atom. The summed E-state index contributed by atoms with van der Waals surface area (Å²) >= 11 is 3.41. The van der Waals surface area contributed by atoms with Crippen molar-refractivity contribution in [3.05, 3.63) is 58.1 Å². The number of para-hydroxylation sites is 1. The number of halogens is 2. The molecule has 0 saturated carbocycles. The smallest absolute Gasteiger partial charge is 0.226 e. The zero-order valence-corrected chi connectivity index (χ0v) is 19.5. The van der Waals surface area contributed by atoms with Gasteiger partial charge in [0, 0.05) is 28.6 Å². The standard InChI is InChI=1S/C20H23BrN4O2.HI/c1-13-6-7-14(21)12-17(13)24-19(26)8-10-23-20(22)25-16-9-11-27-18-5-3-2-4-15(16)18;/h2-7,12,16H,8-11H2,1H3,(H,24,26)(H3,22,23,25);1H. The highest BCUT2D eigenvalue weighted by molar-refractivity contribution is 14.0. The normalized spacial score (nSPS) is 15.6. The van der Waals surface area contributed by atoms with Crippen molar-refractivity contribution in [1.82, 2.24) is 5.32 Å². The Labute approximate surface area is 190 Å². The predicted molar refractivity (Wildman–Crippen MR) is 126 cm³/mol. The average molecular weight is 559 g/mol. The van der Waals surface area contributed by atoms with Gasteiger partial charge < -0.3 is 21.1 Å². The molecule has 0 fully saturated rings. The number of anilines is 1. The molecular weight excluding hydrogens is 535 g/mol. The molecule has 6 nitrogen and oxygen atoms in total. The number of rotatable bonds is 5. The first-order valence-electron chi connectivity index (χ1n) is 8.87. The maximum Gasteiger partial charge on any atom is 0.226 e. The number of hydrogen-bond acceptors (Lipinski definition) is 3. The summed E-state index contributed by atoms with van der Waals surface area (Å²) in [4.78, 5) is 16.4. The van der Waals surface area contributed by atoms with Gasteiger partial charge in [0.2, 0.25) is 5.91 Å². The highest BCUT2D eigenvalue weighted by atomic mass is 127. The summed E-state index contributed by atoms with van der Waals surface area (Å²) in [5, 5.41) is 6.13. The quantitative estimate of drug-likeness (QED) is 0.292. The number of nitrogens with two attached hydrogens (primary N) is 1. The van der Waals surface area contributed by atoms with Crippen LogP contribution in [0.25, 0.3) is 0 Å². The maximum atomic E-state index is 12.1. The van der Waals surface area contributed by atoms with E-state index in [1.807, 2.05) is 49.4 Å². The number of carbonyl (C=O) groups excluding carboxylic acids is 1. The van der Waals surface area contributed by atoms with E-state index in [-0.39, 0.29) is 42.3 Å². The van der Waals surface area contributed by atoms with E-state index < -0.39 is 0 Å². The lowest BCUT2D eigenvalue weighted by Crippen LogP contribution is -2.37. The van der Waals surface area contributed by atoms with Gasteiger partial charge in [0.05, 0.1) is 19.2 Å². The first kappa shape index (κ1) is 22.5. The van der Waals surface area contributed by atoms with Gasteiger partial charge in [-0.05, 0) is 30.7 Å². The van der Waals surface area contributed by atoms with Crippen LogP contribution >= 0.6 is 39.9 Å². The molecule has 0 saturated heterocycles. The van der Waals surface area contributed by atoms with Crippen molar-refractivity contribution < 1.29 is 9.53 Å². The number of aryl methyl sites for hydroxylation is 1. The summed E-state index contributed by atoms with van der Waals surface area (Å²) in [7, 11) is 0. The SMILES string of the molecule is Cc1ccc(Br)cc1NC(=O)CCN=C(N)NC1CCOc2ccccc21.I. The van der Waals surface area contributed by atoms with Crippen LogP contribution in [0.15, 0.2) is 51.9 Å². The van der Waals surface area contributed by atoms with Gasteiger partial charge in [-0.1, -0.05) is 40.2 Å². The Balaban J connectivity index is 0.00000280. The third-order valence-corrected chi connectivity index (χ3v) is 4.87. The average Bonchev–Trinajstić information content (AvgIpc) is 2.65. The van der Waals surface area contributed by atoms with Crippen molar-refractivity contribution in [2.75, 3.05) is 18.5 Å². The lowest BCUT2D eigenvalue weighted by molar-refractivity contribution is -0.116. The van der Waals surface area contributed by atoms with E-state index in [9.17, 15) is 4.79 Å². The van der Waals surface area contributed by atoms with E-state index >= 15 is 0 Å². The number of nitrogens with zero attached hydrogens (tertiary/aromatic N) is 1. The Kier molecular flexibility index (Phi) is 8.56. The van der Waals surface area contributed by atoms with Gasteiger partial charge in [0.1, 0.15) is 5.75 Å². The molecule has 2 aromatic rings. The fourth-order valence-electron chi connectivity index (χ4n) is 2.94. The van der Waals surface area contributed by atoms with Gasteiger partial charge in [0.25, 0.3) is 0 Å². The van der Waals surface area contributed by atoms with Crippen LogP contribution < -0.4 is 21.1 Å². The molecule has 1 unspecified atom stereocenters. The molecule has 0 spiro atoms. The van der Waals surface area contributed by atoms with Gasteiger partial charge in [0.15, 0.2) is 5.96 Å². The number of amides is 1. The van der Waals surface area contributed by atoms with Crippen molar-refractivity contribution in [2.45, 2.75) is 25.8 Å². The van der Waals surface area contributed by atoms with E-state index in [1.54, 1.807) is 0 Å². The number of fused-ring (bicyclic) bond motifs is 1. The Morgan fingerprint density at radius 1 is 1.32 bits per heavy atom. The molecular formula is C20H24BrIN4O2. The first-order valence-corrected chi connectivity index (χ1v) is 9.66. The third-order valence-electron chi connectivity index (χ3n) is 4.38. The van der Waals surface area contributed by atoms with Gasteiger partial charge in [-0.15, -0.1) is 24.0 Å². The summed E-state index contributed by atoms with van der Waals surface area (Å²) in [5.74, 6) is 1.12. The molecule has 28 heavy (non-hydrogen) atoms. The number of hydrogen-bond donors (Lipinski definition) is 3. The number of guanidine groups is 1. The van der Waals surface area contributed by atoms with Crippen LogP contribution in [0.1, 0.15) is 30.0 Å². The number of aliphatic imine (C=N–C) groups is 1. The van der Waals surface area contributed by atoms with Crippen molar-refractivity contribution in [3.63, 3.8) is 0 Å². The highest BCUT2D eigenvalue weighted by Gasteiger charge is 2.21. The molecule has 0 radical (unpaired) electrons. The van der Waals surface area contributed by atoms with Crippen molar-refractivity contribution >= 4 is 57.5 Å². The van der Waals surface area contributed by atoms with E-state index in [0.717, 1.165) is 33.5 Å². The number of benzene rings is 2. The topological polar surface area (TPSA) is 88.7 Å². The predicted octanol–water partition coefficient (Wildman–Crippen LogP) is 4.13. The minimum Gasteiger partial charge on any atom is -0.493 e. The molecule has 2 aromatic carbocycles. The molecule has 0 bridgehead atoms. The largest absolute Gasteiger partial charge is 0.493 e. The molecule has 1 aliphatic heterocycles. The van der Waals surface area contributed by atoms with Crippen LogP contribution in [0.2, 0.25) is 0 Å². The summed E-state index contributed by atoms with van der Waals surface area (Å²) in [5.41, 5.74) is 8.88. The van der Waals surface area contributed by atoms with Crippen LogP contribution in [0.3, 0.4) is 0 Å². The van der Waals surface area contributed by atoms with Crippen LogP contribution in [0, 0.1) is 6.92 Å². The van der Waals surface area contributed by atoms with E-state index in [2.05, 4.69) is 31.6 Å². The second kappa shape index (κ2) is 10.7. The second-order valence-electron chi connectivity index (χ2n) is 6.40. The highest BCUT2D eigenvalue weighted by Crippen LogP contribution is 2.31. The summed E-state index contributed by atoms with van der Waals surface area (Å²) in [6.07, 6.45) is 1.08. The Morgan fingerprint density at radius 2 is 2.11 bits per heavy atom.